The van der Waals surface area contributed by atoms with Gasteiger partial charge in [-0.1, -0.05) is 32.6 Å². The summed E-state index contributed by atoms with van der Waals surface area (Å²) in [6.07, 6.45) is 8.29. The molecule has 0 N–H and O–H groups in total. The van der Waals surface area contributed by atoms with Gasteiger partial charge < -0.3 is 4.74 Å². The van der Waals surface area contributed by atoms with E-state index in [-0.39, 0.29) is 11.3 Å². The summed E-state index contributed by atoms with van der Waals surface area (Å²) >= 11 is 6.15. The third kappa shape index (κ3) is 10.1. The fourth-order valence-electron chi connectivity index (χ4n) is 1.50. The Morgan fingerprint density at radius 2 is 1.80 bits per heavy atom. The minimum atomic E-state index is -0.118. The van der Waals surface area contributed by atoms with Crippen molar-refractivity contribution in [1.82, 2.24) is 0 Å². The highest BCUT2D eigenvalue weighted by Crippen LogP contribution is 2.16. The van der Waals surface area contributed by atoms with Gasteiger partial charge in [0.1, 0.15) is 0 Å². The van der Waals surface area contributed by atoms with Crippen molar-refractivity contribution < 1.29 is 9.53 Å². The molecule has 0 saturated carbocycles. The molecule has 0 rings (SSSR count). The number of rotatable bonds is 9. The number of hydrogen-bond donors (Lipinski definition) is 0. The van der Waals surface area contributed by atoms with E-state index in [0.29, 0.717) is 6.42 Å². The van der Waals surface area contributed by atoms with Gasteiger partial charge in [-0.05, 0) is 19.3 Å². The zero-order chi connectivity index (χ0) is 11.5. The van der Waals surface area contributed by atoms with Gasteiger partial charge in [0.15, 0.2) is 0 Å². The molecular formula is C12H23ClO2. The van der Waals surface area contributed by atoms with E-state index in [1.54, 1.807) is 0 Å². The molecule has 0 amide bonds. The second-order valence-corrected chi connectivity index (χ2v) is 4.53. The third-order valence-corrected chi connectivity index (χ3v) is 2.93. The summed E-state index contributed by atoms with van der Waals surface area (Å²) in [6.45, 7) is 2.19. The third-order valence-electron chi connectivity index (χ3n) is 2.50. The highest BCUT2D eigenvalue weighted by Gasteiger charge is 2.05. The number of alkyl halides is 1. The maximum atomic E-state index is 10.8. The second kappa shape index (κ2) is 10.3. The van der Waals surface area contributed by atoms with E-state index in [0.717, 1.165) is 25.7 Å². The average molecular weight is 235 g/mol. The Labute approximate surface area is 98.3 Å². The summed E-state index contributed by atoms with van der Waals surface area (Å²) < 4.78 is 4.56. The first-order chi connectivity index (χ1) is 7.20. The molecule has 0 bridgehead atoms. The lowest BCUT2D eigenvalue weighted by molar-refractivity contribution is -0.140. The number of halogens is 1. The van der Waals surface area contributed by atoms with E-state index in [9.17, 15) is 4.79 Å². The lowest BCUT2D eigenvalue weighted by atomic mass is 10.1. The normalized spacial score (nSPS) is 12.5. The second-order valence-electron chi connectivity index (χ2n) is 3.91. The first-order valence-electron chi connectivity index (χ1n) is 5.91. The molecule has 0 aliphatic heterocycles. The van der Waals surface area contributed by atoms with Crippen molar-refractivity contribution in [2.24, 2.45) is 0 Å². The van der Waals surface area contributed by atoms with Gasteiger partial charge in [0.2, 0.25) is 0 Å². The molecule has 0 aliphatic rings. The topological polar surface area (TPSA) is 26.3 Å². The smallest absolute Gasteiger partial charge is 0.305 e. The molecule has 0 aromatic carbocycles. The number of ether oxygens (including phenoxy) is 1. The molecule has 3 heteroatoms. The van der Waals surface area contributed by atoms with Crippen LogP contribution in [0.2, 0.25) is 0 Å². The molecule has 0 spiro atoms. The van der Waals surface area contributed by atoms with Gasteiger partial charge in [-0.3, -0.25) is 4.79 Å². The zero-order valence-electron chi connectivity index (χ0n) is 9.93. The minimum absolute atomic E-state index is 0.118. The van der Waals surface area contributed by atoms with Crippen molar-refractivity contribution in [3.8, 4) is 0 Å². The molecule has 1 unspecified atom stereocenters. The Bertz CT molecular complexity index is 160. The maximum Gasteiger partial charge on any atom is 0.305 e. The Morgan fingerprint density at radius 1 is 1.20 bits per heavy atom. The largest absolute Gasteiger partial charge is 0.469 e. The van der Waals surface area contributed by atoms with Gasteiger partial charge >= 0.3 is 5.97 Å². The van der Waals surface area contributed by atoms with Gasteiger partial charge in [0.25, 0.3) is 0 Å². The lowest BCUT2D eigenvalue weighted by Gasteiger charge is -2.08. The number of unbranched alkanes of at least 4 members (excludes halogenated alkanes) is 3. The monoisotopic (exact) mass is 234 g/mol. The summed E-state index contributed by atoms with van der Waals surface area (Å²) in [5.41, 5.74) is 0. The minimum Gasteiger partial charge on any atom is -0.469 e. The van der Waals surface area contributed by atoms with Crippen LogP contribution in [0.15, 0.2) is 0 Å². The van der Waals surface area contributed by atoms with E-state index >= 15 is 0 Å². The fourth-order valence-corrected chi connectivity index (χ4v) is 1.81. The van der Waals surface area contributed by atoms with Crippen molar-refractivity contribution in [3.05, 3.63) is 0 Å². The predicted molar refractivity (Wildman–Crippen MR) is 64.3 cm³/mol. The van der Waals surface area contributed by atoms with Crippen LogP contribution in [0.3, 0.4) is 0 Å². The highest BCUT2D eigenvalue weighted by atomic mass is 35.5. The Kier molecular flexibility index (Phi) is 10.1. The van der Waals surface area contributed by atoms with Gasteiger partial charge in [0.05, 0.1) is 7.11 Å². The molecule has 2 nitrogen and oxygen atoms in total. The number of esters is 1. The van der Waals surface area contributed by atoms with Crippen molar-refractivity contribution in [2.45, 2.75) is 63.7 Å². The fraction of sp³-hybridized carbons (Fsp3) is 0.917. The average Bonchev–Trinajstić information content (AvgIpc) is 2.24. The van der Waals surface area contributed by atoms with Crippen LogP contribution in [-0.4, -0.2) is 18.5 Å². The first kappa shape index (κ1) is 14.8. The molecule has 0 heterocycles. The van der Waals surface area contributed by atoms with Crippen LogP contribution in [0.25, 0.3) is 0 Å². The van der Waals surface area contributed by atoms with Crippen LogP contribution >= 0.6 is 11.6 Å². The number of hydrogen-bond acceptors (Lipinski definition) is 2. The summed E-state index contributed by atoms with van der Waals surface area (Å²) in [5, 5.41) is 0.286. The molecule has 0 fully saturated rings. The van der Waals surface area contributed by atoms with Gasteiger partial charge in [0, 0.05) is 11.8 Å². The van der Waals surface area contributed by atoms with Crippen molar-refractivity contribution in [3.63, 3.8) is 0 Å². The van der Waals surface area contributed by atoms with Gasteiger partial charge in [-0.25, -0.2) is 0 Å². The Hall–Kier alpha value is -0.240. The zero-order valence-corrected chi connectivity index (χ0v) is 10.7. The van der Waals surface area contributed by atoms with Crippen LogP contribution in [-0.2, 0) is 9.53 Å². The highest BCUT2D eigenvalue weighted by molar-refractivity contribution is 6.20. The SMILES string of the molecule is CCCCCC(Cl)CCCCC(=O)OC. The Balaban J connectivity index is 3.23. The van der Waals surface area contributed by atoms with Crippen molar-refractivity contribution in [2.75, 3.05) is 7.11 Å². The van der Waals surface area contributed by atoms with Crippen LogP contribution in [0.5, 0.6) is 0 Å². The molecule has 0 radical (unpaired) electrons. The van der Waals surface area contributed by atoms with Crippen LogP contribution < -0.4 is 0 Å². The number of carbonyl (C=O) groups is 1. The van der Waals surface area contributed by atoms with Gasteiger partial charge in [-0.15, -0.1) is 11.6 Å². The van der Waals surface area contributed by atoms with Crippen LogP contribution in [0, 0.1) is 0 Å². The standard InChI is InChI=1S/C12H23ClO2/c1-3-4-5-8-11(13)9-6-7-10-12(14)15-2/h11H,3-10H2,1-2H3. The maximum absolute atomic E-state index is 10.8. The summed E-state index contributed by atoms with van der Waals surface area (Å²) in [7, 11) is 1.43. The quantitative estimate of drug-likeness (QED) is 0.344. The van der Waals surface area contributed by atoms with E-state index in [1.807, 2.05) is 0 Å². The molecule has 0 saturated heterocycles. The van der Waals surface area contributed by atoms with Crippen molar-refractivity contribution in [1.29, 1.82) is 0 Å². The molecule has 15 heavy (non-hydrogen) atoms. The summed E-state index contributed by atoms with van der Waals surface area (Å²) in [4.78, 5) is 10.8. The number of carbonyl (C=O) groups excluding carboxylic acids is 1. The van der Waals surface area contributed by atoms with Gasteiger partial charge in [-0.2, -0.15) is 0 Å². The van der Waals surface area contributed by atoms with E-state index in [2.05, 4.69) is 11.7 Å². The molecular weight excluding hydrogens is 212 g/mol. The molecule has 1 atom stereocenters. The van der Waals surface area contributed by atoms with Crippen LogP contribution in [0.1, 0.15) is 58.3 Å². The molecule has 90 valence electrons. The van der Waals surface area contributed by atoms with Crippen LogP contribution in [0.4, 0.5) is 0 Å². The molecule has 0 aromatic heterocycles. The van der Waals surface area contributed by atoms with E-state index < -0.39 is 0 Å². The predicted octanol–water partition coefficient (Wildman–Crippen LogP) is 3.91. The molecule has 0 aromatic rings. The molecule has 0 aliphatic carbocycles. The Morgan fingerprint density at radius 3 is 2.33 bits per heavy atom. The summed E-state index contributed by atoms with van der Waals surface area (Å²) in [6, 6.07) is 0. The van der Waals surface area contributed by atoms with Crippen molar-refractivity contribution >= 4 is 17.6 Å². The van der Waals surface area contributed by atoms with E-state index in [1.165, 1.54) is 26.4 Å². The number of methoxy groups -OCH3 is 1. The lowest BCUT2D eigenvalue weighted by Crippen LogP contribution is -2.02. The van der Waals surface area contributed by atoms with E-state index in [4.69, 9.17) is 11.6 Å². The summed E-state index contributed by atoms with van der Waals surface area (Å²) in [5.74, 6) is -0.118. The first-order valence-corrected chi connectivity index (χ1v) is 6.35.